The first kappa shape index (κ1) is 22.9. The molecule has 1 atom stereocenters. The van der Waals surface area contributed by atoms with E-state index in [0.29, 0.717) is 35.0 Å². The van der Waals surface area contributed by atoms with Gasteiger partial charge in [-0.25, -0.2) is 0 Å². The lowest BCUT2D eigenvalue weighted by atomic mass is 10.1. The van der Waals surface area contributed by atoms with Gasteiger partial charge in [0.2, 0.25) is 5.91 Å². The summed E-state index contributed by atoms with van der Waals surface area (Å²) in [6, 6.07) is 17.5. The van der Waals surface area contributed by atoms with E-state index in [2.05, 4.69) is 11.2 Å². The van der Waals surface area contributed by atoms with Crippen LogP contribution in [-0.4, -0.2) is 32.6 Å². The Labute approximate surface area is 191 Å². The van der Waals surface area contributed by atoms with Crippen molar-refractivity contribution in [3.05, 3.63) is 76.5 Å². The molecule has 1 aromatic heterocycles. The van der Waals surface area contributed by atoms with Crippen molar-refractivity contribution in [2.45, 2.75) is 12.5 Å². The van der Waals surface area contributed by atoms with Gasteiger partial charge < -0.3 is 14.8 Å². The maximum absolute atomic E-state index is 13.3. The van der Waals surface area contributed by atoms with Crippen LogP contribution in [0.25, 0.3) is 0 Å². The molecular formula is C25H24N2O4S. The molecule has 1 unspecified atom stereocenters. The average Bonchev–Trinajstić information content (AvgIpc) is 3.36. The largest absolute Gasteiger partial charge is 0.497 e. The zero-order valence-electron chi connectivity index (χ0n) is 17.9. The van der Waals surface area contributed by atoms with Crippen LogP contribution < -0.4 is 19.7 Å². The highest BCUT2D eigenvalue weighted by Gasteiger charge is 2.33. The van der Waals surface area contributed by atoms with Crippen molar-refractivity contribution in [3.63, 3.8) is 0 Å². The van der Waals surface area contributed by atoms with Gasteiger partial charge in [0, 0.05) is 29.6 Å². The predicted octanol–water partition coefficient (Wildman–Crippen LogP) is 3.83. The molecule has 0 aliphatic heterocycles. The van der Waals surface area contributed by atoms with E-state index in [1.54, 1.807) is 24.3 Å². The number of thiophene rings is 1. The summed E-state index contributed by atoms with van der Waals surface area (Å²) >= 11 is 1.37. The number of carbonyl (C=O) groups is 2. The van der Waals surface area contributed by atoms with E-state index in [1.165, 1.54) is 30.5 Å². The predicted molar refractivity (Wildman–Crippen MR) is 126 cm³/mol. The average molecular weight is 449 g/mol. The third-order valence-electron chi connectivity index (χ3n) is 4.83. The van der Waals surface area contributed by atoms with Crippen LogP contribution in [0.5, 0.6) is 11.5 Å². The Kier molecular flexibility index (Phi) is 7.90. The molecule has 7 heteroatoms. The number of ether oxygens (including phenoxy) is 2. The standard InChI is InChI=1S/C25H24N2O4S/c1-4-23(28)27(19-15-20(30-2)17-21(16-19)31-3)24(22-11-8-14-32-22)25(29)26-13-12-18-9-6-5-7-10-18/h1,5-11,14-17,24H,12-13H2,2-3H3,(H,26,29). The second kappa shape index (κ2) is 11.0. The van der Waals surface area contributed by atoms with Crippen LogP contribution in [0.4, 0.5) is 5.69 Å². The van der Waals surface area contributed by atoms with E-state index < -0.39 is 11.9 Å². The Morgan fingerprint density at radius 1 is 1.06 bits per heavy atom. The second-order valence-corrected chi connectivity index (χ2v) is 7.81. The Morgan fingerprint density at radius 3 is 2.31 bits per heavy atom. The topological polar surface area (TPSA) is 67.9 Å². The Hall–Kier alpha value is -3.76. The number of hydrogen-bond donors (Lipinski definition) is 1. The van der Waals surface area contributed by atoms with Crippen LogP contribution in [0.2, 0.25) is 0 Å². The lowest BCUT2D eigenvalue weighted by Crippen LogP contribution is -2.43. The molecule has 2 aromatic carbocycles. The highest BCUT2D eigenvalue weighted by molar-refractivity contribution is 7.10. The van der Waals surface area contributed by atoms with Gasteiger partial charge in [-0.15, -0.1) is 17.8 Å². The van der Waals surface area contributed by atoms with E-state index in [0.717, 1.165) is 5.56 Å². The first-order chi connectivity index (χ1) is 15.6. The number of terminal acetylenes is 1. The highest BCUT2D eigenvalue weighted by atomic mass is 32.1. The fourth-order valence-corrected chi connectivity index (χ4v) is 4.09. The van der Waals surface area contributed by atoms with E-state index in [-0.39, 0.29) is 5.91 Å². The molecule has 3 aromatic rings. The van der Waals surface area contributed by atoms with E-state index in [1.807, 2.05) is 41.8 Å². The van der Waals surface area contributed by atoms with Crippen molar-refractivity contribution in [2.75, 3.05) is 25.7 Å². The van der Waals surface area contributed by atoms with Crippen molar-refractivity contribution in [1.29, 1.82) is 0 Å². The fraction of sp³-hybridized carbons (Fsp3) is 0.200. The minimum absolute atomic E-state index is 0.325. The maximum Gasteiger partial charge on any atom is 0.303 e. The molecule has 3 rings (SSSR count). The van der Waals surface area contributed by atoms with Gasteiger partial charge in [0.05, 0.1) is 19.9 Å². The van der Waals surface area contributed by atoms with E-state index in [4.69, 9.17) is 15.9 Å². The molecule has 32 heavy (non-hydrogen) atoms. The summed E-state index contributed by atoms with van der Waals surface area (Å²) in [5.74, 6) is 2.13. The van der Waals surface area contributed by atoms with Crippen LogP contribution in [0.15, 0.2) is 66.0 Å². The van der Waals surface area contributed by atoms with Gasteiger partial charge in [-0.05, 0) is 29.4 Å². The Bertz CT molecular complexity index is 1070. The van der Waals surface area contributed by atoms with Gasteiger partial charge >= 0.3 is 5.91 Å². The number of carbonyl (C=O) groups excluding carboxylic acids is 2. The zero-order valence-corrected chi connectivity index (χ0v) is 18.7. The lowest BCUT2D eigenvalue weighted by Gasteiger charge is -2.29. The number of nitrogens with zero attached hydrogens (tertiary/aromatic N) is 1. The molecule has 0 spiro atoms. The molecule has 0 bridgehead atoms. The van der Waals surface area contributed by atoms with Crippen molar-refractivity contribution in [1.82, 2.24) is 5.32 Å². The summed E-state index contributed by atoms with van der Waals surface area (Å²) in [6.45, 7) is 0.421. The summed E-state index contributed by atoms with van der Waals surface area (Å²) < 4.78 is 10.7. The molecule has 0 aliphatic carbocycles. The number of rotatable bonds is 9. The van der Waals surface area contributed by atoms with Crippen LogP contribution in [0.3, 0.4) is 0 Å². The molecule has 0 radical (unpaired) electrons. The SMILES string of the molecule is C#CC(=O)N(c1cc(OC)cc(OC)c1)C(C(=O)NCCc1ccccc1)c1cccs1. The van der Waals surface area contributed by atoms with Crippen molar-refractivity contribution < 1.29 is 19.1 Å². The number of anilines is 1. The molecule has 0 saturated carbocycles. The van der Waals surface area contributed by atoms with Crippen LogP contribution in [0, 0.1) is 12.3 Å². The summed E-state index contributed by atoms with van der Waals surface area (Å²) in [5, 5.41) is 4.80. The molecule has 1 heterocycles. The molecule has 164 valence electrons. The summed E-state index contributed by atoms with van der Waals surface area (Å²) in [5.41, 5.74) is 1.51. The van der Waals surface area contributed by atoms with Crippen LogP contribution >= 0.6 is 11.3 Å². The third-order valence-corrected chi connectivity index (χ3v) is 5.76. The number of nitrogens with one attached hydrogen (secondary N) is 1. The minimum atomic E-state index is -0.939. The third kappa shape index (κ3) is 5.48. The first-order valence-electron chi connectivity index (χ1n) is 9.95. The quantitative estimate of drug-likeness (QED) is 0.505. The van der Waals surface area contributed by atoms with Gasteiger partial charge in [-0.3, -0.25) is 14.5 Å². The number of benzene rings is 2. The van der Waals surface area contributed by atoms with Gasteiger partial charge in [-0.1, -0.05) is 36.4 Å². The summed E-state index contributed by atoms with van der Waals surface area (Å²) in [4.78, 5) is 28.2. The molecular weight excluding hydrogens is 424 g/mol. The minimum Gasteiger partial charge on any atom is -0.497 e. The van der Waals surface area contributed by atoms with E-state index in [9.17, 15) is 9.59 Å². The second-order valence-electron chi connectivity index (χ2n) is 6.83. The fourth-order valence-electron chi connectivity index (χ4n) is 3.28. The first-order valence-corrected chi connectivity index (χ1v) is 10.8. The molecule has 2 amide bonds. The monoisotopic (exact) mass is 448 g/mol. The molecule has 0 aliphatic rings. The summed E-state index contributed by atoms with van der Waals surface area (Å²) in [6.07, 6.45) is 6.15. The van der Waals surface area contributed by atoms with Crippen LogP contribution in [0.1, 0.15) is 16.5 Å². The molecule has 0 fully saturated rings. The Morgan fingerprint density at radius 2 is 1.75 bits per heavy atom. The van der Waals surface area contributed by atoms with Crippen LogP contribution in [-0.2, 0) is 16.0 Å². The van der Waals surface area contributed by atoms with Gasteiger partial charge in [0.15, 0.2) is 6.04 Å². The number of hydrogen-bond acceptors (Lipinski definition) is 5. The van der Waals surface area contributed by atoms with Gasteiger partial charge in [0.25, 0.3) is 0 Å². The maximum atomic E-state index is 13.3. The smallest absolute Gasteiger partial charge is 0.303 e. The number of amides is 2. The van der Waals surface area contributed by atoms with Gasteiger partial charge in [-0.2, -0.15) is 0 Å². The molecule has 6 nitrogen and oxygen atoms in total. The van der Waals surface area contributed by atoms with Crippen molar-refractivity contribution >= 4 is 28.8 Å². The zero-order chi connectivity index (χ0) is 22.9. The molecule has 1 N–H and O–H groups in total. The van der Waals surface area contributed by atoms with Crippen molar-refractivity contribution in [2.24, 2.45) is 0 Å². The van der Waals surface area contributed by atoms with Gasteiger partial charge in [0.1, 0.15) is 11.5 Å². The Balaban J connectivity index is 1.95. The normalized spacial score (nSPS) is 11.2. The van der Waals surface area contributed by atoms with E-state index >= 15 is 0 Å². The van der Waals surface area contributed by atoms with Crippen molar-refractivity contribution in [3.8, 4) is 23.8 Å². The number of methoxy groups -OCH3 is 2. The lowest BCUT2D eigenvalue weighted by molar-refractivity contribution is -0.125. The highest BCUT2D eigenvalue weighted by Crippen LogP contribution is 2.35. The molecule has 0 saturated heterocycles. The summed E-state index contributed by atoms with van der Waals surface area (Å²) in [7, 11) is 3.03.